The summed E-state index contributed by atoms with van der Waals surface area (Å²) in [7, 11) is -3.85. The van der Waals surface area contributed by atoms with Crippen molar-refractivity contribution >= 4 is 21.8 Å². The number of hydrogen-bond acceptors (Lipinski definition) is 6. The van der Waals surface area contributed by atoms with E-state index in [9.17, 15) is 13.2 Å². The van der Waals surface area contributed by atoms with E-state index in [2.05, 4.69) is 14.9 Å². The summed E-state index contributed by atoms with van der Waals surface area (Å²) in [5.41, 5.74) is 0.310. The second-order valence-corrected chi connectivity index (χ2v) is 5.50. The molecule has 0 spiro atoms. The van der Waals surface area contributed by atoms with E-state index in [0.29, 0.717) is 5.56 Å². The van der Waals surface area contributed by atoms with Crippen LogP contribution in [-0.2, 0) is 10.0 Å². The topological polar surface area (TPSA) is 102 Å². The Hall–Kier alpha value is -2.22. The van der Waals surface area contributed by atoms with Gasteiger partial charge in [-0.2, -0.15) is 0 Å². The Bertz CT molecular complexity index is 721. The van der Waals surface area contributed by atoms with Crippen LogP contribution in [0, 0.1) is 6.92 Å². The third-order valence-electron chi connectivity index (χ3n) is 2.30. The number of aromatic nitrogens is 2. The summed E-state index contributed by atoms with van der Waals surface area (Å²) in [6, 6.07) is 5.47. The van der Waals surface area contributed by atoms with E-state index in [1.807, 2.05) is 0 Å². The lowest BCUT2D eigenvalue weighted by Gasteiger charge is -2.05. The van der Waals surface area contributed by atoms with Gasteiger partial charge in [0.2, 0.25) is 5.89 Å². The highest BCUT2D eigenvalue weighted by Crippen LogP contribution is 2.16. The number of sulfonamides is 1. The molecule has 0 aliphatic carbocycles. The summed E-state index contributed by atoms with van der Waals surface area (Å²) in [6.07, 6.45) is 0. The molecule has 2 rings (SSSR count). The molecule has 1 heterocycles. The Kier molecular flexibility index (Phi) is 3.34. The van der Waals surface area contributed by atoms with Crippen molar-refractivity contribution in [2.24, 2.45) is 0 Å². The molecule has 7 nitrogen and oxygen atoms in total. The van der Waals surface area contributed by atoms with Gasteiger partial charge in [-0.1, -0.05) is 17.2 Å². The minimum Gasteiger partial charge on any atom is -0.408 e. The predicted molar refractivity (Wildman–Crippen MR) is 66.3 cm³/mol. The monoisotopic (exact) mass is 281 g/mol. The number of ketones is 1. The average Bonchev–Trinajstić information content (AvgIpc) is 2.74. The Labute approximate surface area is 109 Å². The zero-order valence-electron chi connectivity index (χ0n) is 10.2. The second-order valence-electron chi connectivity index (χ2n) is 3.82. The smallest absolute Gasteiger partial charge is 0.329 e. The van der Waals surface area contributed by atoms with Crippen LogP contribution in [0.5, 0.6) is 0 Å². The van der Waals surface area contributed by atoms with Gasteiger partial charge in [0, 0.05) is 12.5 Å². The van der Waals surface area contributed by atoms with E-state index in [1.54, 1.807) is 6.92 Å². The number of nitrogens with zero attached hydrogens (tertiary/aromatic N) is 2. The minimum absolute atomic E-state index is 0.0453. The maximum Gasteiger partial charge on any atom is 0.329 e. The molecule has 1 N–H and O–H groups in total. The lowest BCUT2D eigenvalue weighted by Crippen LogP contribution is -2.13. The first-order valence-electron chi connectivity index (χ1n) is 5.32. The van der Waals surface area contributed by atoms with Crippen molar-refractivity contribution in [2.45, 2.75) is 18.7 Å². The number of carbonyl (C=O) groups is 1. The minimum atomic E-state index is -3.85. The van der Waals surface area contributed by atoms with Crippen molar-refractivity contribution in [3.05, 3.63) is 35.7 Å². The molecule has 0 radical (unpaired) electrons. The first kappa shape index (κ1) is 13.2. The van der Waals surface area contributed by atoms with Gasteiger partial charge in [-0.3, -0.25) is 4.79 Å². The summed E-state index contributed by atoms with van der Waals surface area (Å²) < 4.78 is 31.2. The summed E-state index contributed by atoms with van der Waals surface area (Å²) in [5, 5.41) is 7.05. The number of hydrogen-bond donors (Lipinski definition) is 1. The quantitative estimate of drug-likeness (QED) is 0.849. The Morgan fingerprint density at radius 2 is 2.05 bits per heavy atom. The van der Waals surface area contributed by atoms with E-state index >= 15 is 0 Å². The van der Waals surface area contributed by atoms with Crippen LogP contribution in [0.4, 0.5) is 6.01 Å². The predicted octanol–water partition coefficient (Wildman–Crippen LogP) is 1.38. The first-order chi connectivity index (χ1) is 8.88. The van der Waals surface area contributed by atoms with Crippen LogP contribution >= 0.6 is 0 Å². The van der Waals surface area contributed by atoms with Crippen molar-refractivity contribution in [3.63, 3.8) is 0 Å². The standard InChI is InChI=1S/C11H11N3O4S/c1-7(15)9-4-3-5-10(6-9)19(16,17)14-11-13-12-8(2)18-11/h3-6H,1-2H3,(H,13,14). The van der Waals surface area contributed by atoms with Crippen LogP contribution in [0.2, 0.25) is 0 Å². The Balaban J connectivity index is 2.34. The zero-order chi connectivity index (χ0) is 14.0. The van der Waals surface area contributed by atoms with E-state index in [0.717, 1.165) is 0 Å². The number of anilines is 1. The van der Waals surface area contributed by atoms with Gasteiger partial charge in [-0.15, -0.1) is 5.10 Å². The van der Waals surface area contributed by atoms with Gasteiger partial charge in [0.25, 0.3) is 10.0 Å². The normalized spacial score (nSPS) is 11.3. The largest absolute Gasteiger partial charge is 0.408 e. The van der Waals surface area contributed by atoms with Crippen molar-refractivity contribution in [1.82, 2.24) is 10.2 Å². The lowest BCUT2D eigenvalue weighted by atomic mass is 10.2. The highest BCUT2D eigenvalue weighted by molar-refractivity contribution is 7.92. The van der Waals surface area contributed by atoms with Gasteiger partial charge in [0.05, 0.1) is 4.90 Å². The number of aryl methyl sites for hydroxylation is 1. The van der Waals surface area contributed by atoms with Gasteiger partial charge in [0.15, 0.2) is 5.78 Å². The third kappa shape index (κ3) is 2.97. The summed E-state index contributed by atoms with van der Waals surface area (Å²) in [5.74, 6) is 0.0286. The number of carbonyl (C=O) groups excluding carboxylic acids is 1. The van der Waals surface area contributed by atoms with Gasteiger partial charge < -0.3 is 4.42 Å². The van der Waals surface area contributed by atoms with Crippen LogP contribution in [0.15, 0.2) is 33.6 Å². The van der Waals surface area contributed by atoms with Crippen molar-refractivity contribution in [3.8, 4) is 0 Å². The SMILES string of the molecule is CC(=O)c1cccc(S(=O)(=O)Nc2nnc(C)o2)c1. The molecule has 0 saturated heterocycles. The number of rotatable bonds is 4. The van der Waals surface area contributed by atoms with Crippen molar-refractivity contribution < 1.29 is 17.6 Å². The number of nitrogens with one attached hydrogen (secondary N) is 1. The van der Waals surface area contributed by atoms with E-state index in [4.69, 9.17) is 4.42 Å². The fraction of sp³-hybridized carbons (Fsp3) is 0.182. The summed E-state index contributed by atoms with van der Waals surface area (Å²) in [4.78, 5) is 11.2. The average molecular weight is 281 g/mol. The molecule has 0 aliphatic rings. The van der Waals surface area contributed by atoms with Gasteiger partial charge in [-0.05, 0) is 19.1 Å². The molecule has 2 aromatic rings. The van der Waals surface area contributed by atoms with Crippen LogP contribution in [-0.4, -0.2) is 24.4 Å². The van der Waals surface area contributed by atoms with E-state index in [-0.39, 0.29) is 22.6 Å². The van der Waals surface area contributed by atoms with Crippen molar-refractivity contribution in [1.29, 1.82) is 0 Å². The number of benzene rings is 1. The molecular weight excluding hydrogens is 270 g/mol. The molecule has 8 heteroatoms. The van der Waals surface area contributed by atoms with Crippen LogP contribution in [0.3, 0.4) is 0 Å². The van der Waals surface area contributed by atoms with Gasteiger partial charge >= 0.3 is 6.01 Å². The molecule has 19 heavy (non-hydrogen) atoms. The van der Waals surface area contributed by atoms with E-state index < -0.39 is 10.0 Å². The molecule has 0 bridgehead atoms. The fourth-order valence-electron chi connectivity index (χ4n) is 1.39. The Morgan fingerprint density at radius 3 is 2.63 bits per heavy atom. The third-order valence-corrected chi connectivity index (χ3v) is 3.62. The van der Waals surface area contributed by atoms with Crippen LogP contribution in [0.25, 0.3) is 0 Å². The van der Waals surface area contributed by atoms with Gasteiger partial charge in [-0.25, -0.2) is 13.1 Å². The maximum absolute atomic E-state index is 12.0. The highest BCUT2D eigenvalue weighted by atomic mass is 32.2. The molecule has 100 valence electrons. The number of Topliss-reactive ketones (excluding diaryl/α,β-unsaturated/α-hetero) is 1. The molecule has 1 aromatic carbocycles. The first-order valence-corrected chi connectivity index (χ1v) is 6.81. The van der Waals surface area contributed by atoms with Gasteiger partial charge in [0.1, 0.15) is 0 Å². The second kappa shape index (κ2) is 4.81. The van der Waals surface area contributed by atoms with Crippen LogP contribution < -0.4 is 4.72 Å². The molecular formula is C11H11N3O4S. The Morgan fingerprint density at radius 1 is 1.32 bits per heavy atom. The molecule has 0 fully saturated rings. The molecule has 0 amide bonds. The zero-order valence-corrected chi connectivity index (χ0v) is 11.1. The molecule has 0 atom stereocenters. The van der Waals surface area contributed by atoms with E-state index in [1.165, 1.54) is 31.2 Å². The van der Waals surface area contributed by atoms with Crippen LogP contribution in [0.1, 0.15) is 23.2 Å². The summed E-state index contributed by atoms with van der Waals surface area (Å²) in [6.45, 7) is 2.90. The maximum atomic E-state index is 12.0. The molecule has 0 saturated carbocycles. The lowest BCUT2D eigenvalue weighted by molar-refractivity contribution is 0.101. The molecule has 0 aliphatic heterocycles. The molecule has 0 unspecified atom stereocenters. The highest BCUT2D eigenvalue weighted by Gasteiger charge is 2.18. The summed E-state index contributed by atoms with van der Waals surface area (Å²) >= 11 is 0. The fourth-order valence-corrected chi connectivity index (χ4v) is 2.36. The molecule has 1 aromatic heterocycles. The van der Waals surface area contributed by atoms with Crippen molar-refractivity contribution in [2.75, 3.05) is 4.72 Å².